The van der Waals surface area contributed by atoms with Crippen LogP contribution in [0.2, 0.25) is 0 Å². The molecule has 1 aromatic carbocycles. The summed E-state index contributed by atoms with van der Waals surface area (Å²) in [6.07, 6.45) is 2.61. The van der Waals surface area contributed by atoms with Gasteiger partial charge in [0.15, 0.2) is 11.6 Å². The monoisotopic (exact) mass is 414 g/mol. The zero-order valence-corrected chi connectivity index (χ0v) is 17.3. The van der Waals surface area contributed by atoms with Crippen LogP contribution in [0, 0.1) is 35.4 Å². The fraction of sp³-hybridized carbons (Fsp3) is 0.333. The average Bonchev–Trinajstić information content (AvgIpc) is 2.65. The summed E-state index contributed by atoms with van der Waals surface area (Å²) in [7, 11) is 0. The second kappa shape index (κ2) is 9.78. The van der Waals surface area contributed by atoms with Crippen LogP contribution in [0.25, 0.3) is 0 Å². The van der Waals surface area contributed by atoms with Crippen LogP contribution in [0.4, 0.5) is 14.5 Å². The number of nitrogens with one attached hydrogen (secondary N) is 3. The lowest BCUT2D eigenvalue weighted by atomic mass is 9.92. The predicted molar refractivity (Wildman–Crippen MR) is 110 cm³/mol. The van der Waals surface area contributed by atoms with Gasteiger partial charge in [-0.25, -0.2) is 8.78 Å². The number of carbonyl (C=O) groups is 1. The first-order chi connectivity index (χ1) is 14.1. The van der Waals surface area contributed by atoms with Crippen LogP contribution in [-0.2, 0) is 11.2 Å². The molecule has 0 aliphatic carbocycles. The molecule has 0 aliphatic heterocycles. The van der Waals surface area contributed by atoms with E-state index in [-0.39, 0.29) is 12.4 Å². The van der Waals surface area contributed by atoms with Gasteiger partial charge in [-0.3, -0.25) is 9.78 Å². The number of pyridine rings is 1. The van der Waals surface area contributed by atoms with Gasteiger partial charge in [0.2, 0.25) is 18.1 Å². The SMILES string of the molecule is Cc1ncccc1N/C(=N\C#N)NC(NC(=O)Cc1ccc(F)c(F)c1)C(C)(C)C. The van der Waals surface area contributed by atoms with Crippen molar-refractivity contribution in [3.63, 3.8) is 0 Å². The van der Waals surface area contributed by atoms with Gasteiger partial charge in [-0.15, -0.1) is 4.99 Å². The highest BCUT2D eigenvalue weighted by atomic mass is 19.2. The summed E-state index contributed by atoms with van der Waals surface area (Å²) in [4.78, 5) is 20.4. The quantitative estimate of drug-likeness (QED) is 0.302. The fourth-order valence-corrected chi connectivity index (χ4v) is 2.54. The van der Waals surface area contributed by atoms with Crippen molar-refractivity contribution in [2.75, 3.05) is 5.32 Å². The van der Waals surface area contributed by atoms with Crippen LogP contribution in [0.5, 0.6) is 0 Å². The van der Waals surface area contributed by atoms with Crippen molar-refractivity contribution < 1.29 is 13.6 Å². The van der Waals surface area contributed by atoms with Crippen molar-refractivity contribution in [1.82, 2.24) is 15.6 Å². The number of carbonyl (C=O) groups excluding carboxylic acids is 1. The lowest BCUT2D eigenvalue weighted by molar-refractivity contribution is -0.122. The first-order valence-electron chi connectivity index (χ1n) is 9.25. The molecule has 0 bridgehead atoms. The molecule has 30 heavy (non-hydrogen) atoms. The van der Waals surface area contributed by atoms with E-state index in [9.17, 15) is 13.6 Å². The molecule has 0 saturated heterocycles. The van der Waals surface area contributed by atoms with Gasteiger partial charge in [0, 0.05) is 11.6 Å². The number of aliphatic imine (C=N–C) groups is 1. The van der Waals surface area contributed by atoms with Crippen LogP contribution in [0.3, 0.4) is 0 Å². The smallest absolute Gasteiger partial charge is 0.226 e. The maximum Gasteiger partial charge on any atom is 0.226 e. The number of rotatable bonds is 5. The van der Waals surface area contributed by atoms with Gasteiger partial charge in [0.1, 0.15) is 6.17 Å². The molecule has 0 fully saturated rings. The van der Waals surface area contributed by atoms with E-state index in [4.69, 9.17) is 5.26 Å². The summed E-state index contributed by atoms with van der Waals surface area (Å²) < 4.78 is 26.5. The molecule has 0 saturated carbocycles. The number of amides is 1. The van der Waals surface area contributed by atoms with Crippen LogP contribution in [0.15, 0.2) is 41.5 Å². The predicted octanol–water partition coefficient (Wildman–Crippen LogP) is 3.24. The Morgan fingerprint density at radius 3 is 2.57 bits per heavy atom. The van der Waals surface area contributed by atoms with Gasteiger partial charge >= 0.3 is 0 Å². The van der Waals surface area contributed by atoms with E-state index in [0.717, 1.165) is 12.1 Å². The minimum atomic E-state index is -1.01. The van der Waals surface area contributed by atoms with Crippen molar-refractivity contribution in [1.29, 1.82) is 5.26 Å². The summed E-state index contributed by atoms with van der Waals surface area (Å²) in [6, 6.07) is 6.85. The van der Waals surface area contributed by atoms with Gasteiger partial charge in [0.05, 0.1) is 17.8 Å². The number of hydrogen-bond acceptors (Lipinski definition) is 4. The number of nitrogens with zero attached hydrogens (tertiary/aromatic N) is 3. The molecule has 0 radical (unpaired) electrons. The zero-order valence-electron chi connectivity index (χ0n) is 17.3. The molecule has 1 heterocycles. The van der Waals surface area contributed by atoms with E-state index < -0.39 is 29.1 Å². The Bertz CT molecular complexity index is 978. The van der Waals surface area contributed by atoms with Gasteiger partial charge in [-0.05, 0) is 36.8 Å². The van der Waals surface area contributed by atoms with E-state index >= 15 is 0 Å². The molecule has 1 amide bonds. The Kier molecular flexibility index (Phi) is 7.42. The molecule has 158 valence electrons. The molecular weight excluding hydrogens is 390 g/mol. The molecule has 1 atom stereocenters. The maximum atomic E-state index is 13.4. The third-order valence-electron chi connectivity index (χ3n) is 4.22. The lowest BCUT2D eigenvalue weighted by Crippen LogP contribution is -2.56. The minimum absolute atomic E-state index is 0.134. The molecule has 1 unspecified atom stereocenters. The van der Waals surface area contributed by atoms with Gasteiger partial charge in [-0.1, -0.05) is 26.8 Å². The first kappa shape index (κ1) is 22.7. The Hall–Kier alpha value is -3.54. The number of anilines is 1. The number of guanidine groups is 1. The number of hydrogen-bond donors (Lipinski definition) is 3. The molecule has 2 aromatic rings. The van der Waals surface area contributed by atoms with Gasteiger partial charge < -0.3 is 16.0 Å². The van der Waals surface area contributed by atoms with Crippen LogP contribution < -0.4 is 16.0 Å². The van der Waals surface area contributed by atoms with Gasteiger partial charge in [-0.2, -0.15) is 5.26 Å². The molecule has 3 N–H and O–H groups in total. The topological polar surface area (TPSA) is 102 Å². The van der Waals surface area contributed by atoms with E-state index in [1.165, 1.54) is 6.07 Å². The van der Waals surface area contributed by atoms with Crippen molar-refractivity contribution in [3.05, 3.63) is 59.4 Å². The van der Waals surface area contributed by atoms with Gasteiger partial charge in [0.25, 0.3) is 0 Å². The highest BCUT2D eigenvalue weighted by Gasteiger charge is 2.27. The second-order valence-electron chi connectivity index (χ2n) is 7.76. The largest absolute Gasteiger partial charge is 0.335 e. The summed E-state index contributed by atoms with van der Waals surface area (Å²) in [5.41, 5.74) is 1.24. The molecular formula is C21H24F2N6O. The Morgan fingerprint density at radius 2 is 1.97 bits per heavy atom. The Balaban J connectivity index is 2.14. The highest BCUT2D eigenvalue weighted by molar-refractivity contribution is 5.95. The number of benzene rings is 1. The zero-order chi connectivity index (χ0) is 22.3. The maximum absolute atomic E-state index is 13.4. The average molecular weight is 414 g/mol. The van der Waals surface area contributed by atoms with Crippen molar-refractivity contribution in [2.24, 2.45) is 10.4 Å². The number of aromatic nitrogens is 1. The third kappa shape index (κ3) is 6.51. The van der Waals surface area contributed by atoms with Crippen LogP contribution in [0.1, 0.15) is 32.0 Å². The van der Waals surface area contributed by atoms with Crippen LogP contribution in [-0.4, -0.2) is 23.0 Å². The number of halogens is 2. The Morgan fingerprint density at radius 1 is 1.23 bits per heavy atom. The van der Waals surface area contributed by atoms with E-state index in [2.05, 4.69) is 25.9 Å². The Labute approximate surface area is 174 Å². The van der Waals surface area contributed by atoms with Crippen molar-refractivity contribution in [3.8, 4) is 6.19 Å². The van der Waals surface area contributed by atoms with Crippen molar-refractivity contribution in [2.45, 2.75) is 40.3 Å². The van der Waals surface area contributed by atoms with E-state index in [0.29, 0.717) is 16.9 Å². The highest BCUT2D eigenvalue weighted by Crippen LogP contribution is 2.18. The van der Waals surface area contributed by atoms with Crippen LogP contribution >= 0.6 is 0 Å². The summed E-state index contributed by atoms with van der Waals surface area (Å²) in [5.74, 6) is -2.24. The molecule has 2 rings (SSSR count). The molecule has 7 nitrogen and oxygen atoms in total. The number of nitriles is 1. The second-order valence-corrected chi connectivity index (χ2v) is 7.76. The first-order valence-corrected chi connectivity index (χ1v) is 9.25. The third-order valence-corrected chi connectivity index (χ3v) is 4.22. The summed E-state index contributed by atoms with van der Waals surface area (Å²) in [5, 5.41) is 17.9. The summed E-state index contributed by atoms with van der Waals surface area (Å²) in [6.45, 7) is 7.47. The lowest BCUT2D eigenvalue weighted by Gasteiger charge is -2.33. The number of aryl methyl sites for hydroxylation is 1. The molecule has 1 aromatic heterocycles. The van der Waals surface area contributed by atoms with E-state index in [1.54, 1.807) is 31.4 Å². The standard InChI is InChI=1S/C21H24F2N6O/c1-13-17(6-5-9-25-13)27-20(26-12-24)29-19(21(2,3)4)28-18(30)11-14-7-8-15(22)16(23)10-14/h5-10,19H,11H2,1-4H3,(H,28,30)(H2,26,27,29). The fourth-order valence-electron chi connectivity index (χ4n) is 2.54. The molecule has 9 heteroatoms. The van der Waals surface area contributed by atoms with Crippen molar-refractivity contribution >= 4 is 17.6 Å². The van der Waals surface area contributed by atoms with E-state index in [1.807, 2.05) is 20.8 Å². The summed E-state index contributed by atoms with van der Waals surface area (Å²) >= 11 is 0. The normalized spacial score (nSPS) is 12.6. The molecule has 0 aliphatic rings. The minimum Gasteiger partial charge on any atom is -0.335 e. The molecule has 0 spiro atoms.